The molecule has 1 aliphatic carbocycles. The summed E-state index contributed by atoms with van der Waals surface area (Å²) < 4.78 is 0. The summed E-state index contributed by atoms with van der Waals surface area (Å²) in [5, 5.41) is 12.8. The Morgan fingerprint density at radius 2 is 1.02 bits per heavy atom. The quantitative estimate of drug-likeness (QED) is 0.166. The van der Waals surface area contributed by atoms with Gasteiger partial charge in [0.15, 0.2) is 0 Å². The van der Waals surface area contributed by atoms with Gasteiger partial charge in [0.05, 0.1) is 0 Å². The second-order valence-electron chi connectivity index (χ2n) is 14.4. The minimum atomic E-state index is -0.159. The molecule has 0 saturated carbocycles. The SMILES string of the molecule is CC1(c2cc3ccccc3c3ccccc23)C=CC(N(c2cccc(-c3cc4ccccc4c4ccccc34)c2)c2ccc3ccccc3c2)=CC1. The van der Waals surface area contributed by atoms with E-state index in [0.717, 1.165) is 17.8 Å². The van der Waals surface area contributed by atoms with Crippen LogP contribution in [0.1, 0.15) is 18.9 Å². The van der Waals surface area contributed by atoms with E-state index in [1.54, 1.807) is 0 Å². The predicted octanol–water partition coefficient (Wildman–Crippen LogP) is 14.1. The van der Waals surface area contributed by atoms with Gasteiger partial charge in [0.1, 0.15) is 0 Å². The fraction of sp³-hybridized carbons (Fsp3) is 0.0588. The van der Waals surface area contributed by atoms with E-state index in [4.69, 9.17) is 0 Å². The van der Waals surface area contributed by atoms with Crippen LogP contribution in [-0.4, -0.2) is 0 Å². The average Bonchev–Trinajstić information content (AvgIpc) is 3.21. The van der Waals surface area contributed by atoms with Gasteiger partial charge in [-0.2, -0.15) is 0 Å². The molecule has 0 spiro atoms. The molecule has 0 amide bonds. The van der Waals surface area contributed by atoms with Crippen LogP contribution in [0.4, 0.5) is 11.4 Å². The minimum Gasteiger partial charge on any atom is -0.311 e. The van der Waals surface area contributed by atoms with Gasteiger partial charge in [-0.05, 0) is 119 Å². The molecule has 9 aromatic carbocycles. The first kappa shape index (κ1) is 30.4. The molecule has 1 nitrogen and oxygen atoms in total. The van der Waals surface area contributed by atoms with Crippen molar-refractivity contribution in [1.29, 1.82) is 0 Å². The Kier molecular flexibility index (Phi) is 7.08. The number of hydrogen-bond acceptors (Lipinski definition) is 1. The summed E-state index contributed by atoms with van der Waals surface area (Å²) in [6.07, 6.45) is 8.12. The van der Waals surface area contributed by atoms with Crippen molar-refractivity contribution in [1.82, 2.24) is 0 Å². The smallest absolute Gasteiger partial charge is 0.0467 e. The van der Waals surface area contributed by atoms with Crippen molar-refractivity contribution in [2.45, 2.75) is 18.8 Å². The van der Waals surface area contributed by atoms with Crippen LogP contribution in [0.3, 0.4) is 0 Å². The van der Waals surface area contributed by atoms with Crippen LogP contribution < -0.4 is 4.90 Å². The molecule has 0 N–H and O–H groups in total. The van der Waals surface area contributed by atoms with Crippen LogP contribution in [0.2, 0.25) is 0 Å². The van der Waals surface area contributed by atoms with Crippen molar-refractivity contribution in [2.24, 2.45) is 0 Å². The van der Waals surface area contributed by atoms with Gasteiger partial charge in [-0.15, -0.1) is 0 Å². The topological polar surface area (TPSA) is 3.24 Å². The minimum absolute atomic E-state index is 0.159. The van der Waals surface area contributed by atoms with E-state index in [-0.39, 0.29) is 5.41 Å². The lowest BCUT2D eigenvalue weighted by molar-refractivity contribution is 0.601. The summed E-state index contributed by atoms with van der Waals surface area (Å²) in [4.78, 5) is 2.44. The normalized spacial score (nSPS) is 15.8. The highest BCUT2D eigenvalue weighted by Gasteiger charge is 2.29. The van der Waals surface area contributed by atoms with Gasteiger partial charge in [-0.3, -0.25) is 0 Å². The zero-order valence-electron chi connectivity index (χ0n) is 29.1. The molecule has 0 radical (unpaired) electrons. The van der Waals surface area contributed by atoms with Gasteiger partial charge in [-0.1, -0.05) is 159 Å². The summed E-state index contributed by atoms with van der Waals surface area (Å²) >= 11 is 0. The van der Waals surface area contributed by atoms with Crippen LogP contribution in [0.15, 0.2) is 200 Å². The zero-order valence-corrected chi connectivity index (χ0v) is 29.1. The second kappa shape index (κ2) is 12.1. The Morgan fingerprint density at radius 1 is 0.442 bits per heavy atom. The standard InChI is InChI=1S/C51H37N/c1-51(50-34-39-16-5-7-20-44(39)46-22-10-11-24-48(46)50)29-27-40(28-30-51)52(42-26-25-35-13-2-3-14-36(35)31-42)41-18-12-17-37(32-41)49-33-38-15-4-6-19-43(38)45-21-8-9-23-47(45)49/h2-29,31-34H,30H2,1H3. The zero-order chi connectivity index (χ0) is 34.6. The largest absolute Gasteiger partial charge is 0.311 e. The van der Waals surface area contributed by atoms with Gasteiger partial charge in [-0.25, -0.2) is 0 Å². The van der Waals surface area contributed by atoms with E-state index < -0.39 is 0 Å². The van der Waals surface area contributed by atoms with Crippen molar-refractivity contribution < 1.29 is 0 Å². The van der Waals surface area contributed by atoms with E-state index in [1.165, 1.54) is 76.2 Å². The Labute approximate surface area is 304 Å². The lowest BCUT2D eigenvalue weighted by Crippen LogP contribution is -2.24. The third-order valence-corrected chi connectivity index (χ3v) is 11.2. The molecule has 0 saturated heterocycles. The Hall–Kier alpha value is -6.44. The molecule has 1 heteroatoms. The van der Waals surface area contributed by atoms with Crippen LogP contribution in [0.25, 0.3) is 65.0 Å². The molecule has 1 aliphatic rings. The molecule has 0 aromatic heterocycles. The summed E-state index contributed by atoms with van der Waals surface area (Å²) in [6.45, 7) is 2.39. The van der Waals surface area contributed by atoms with Gasteiger partial charge in [0.25, 0.3) is 0 Å². The fourth-order valence-corrected chi connectivity index (χ4v) is 8.48. The maximum atomic E-state index is 2.44. The number of hydrogen-bond donors (Lipinski definition) is 0. The number of nitrogens with zero attached hydrogens (tertiary/aromatic N) is 1. The fourth-order valence-electron chi connectivity index (χ4n) is 8.48. The van der Waals surface area contributed by atoms with Crippen LogP contribution in [0, 0.1) is 0 Å². The van der Waals surface area contributed by atoms with E-state index in [2.05, 4.69) is 206 Å². The molecule has 0 fully saturated rings. The monoisotopic (exact) mass is 663 g/mol. The molecule has 0 heterocycles. The molecule has 9 aromatic rings. The van der Waals surface area contributed by atoms with E-state index >= 15 is 0 Å². The molecule has 10 rings (SSSR count). The van der Waals surface area contributed by atoms with Crippen molar-refractivity contribution in [3.63, 3.8) is 0 Å². The maximum absolute atomic E-state index is 2.44. The number of benzene rings is 9. The third kappa shape index (κ3) is 5.00. The van der Waals surface area contributed by atoms with Gasteiger partial charge < -0.3 is 4.90 Å². The number of rotatable bonds is 5. The summed E-state index contributed by atoms with van der Waals surface area (Å²) in [5.74, 6) is 0. The van der Waals surface area contributed by atoms with Gasteiger partial charge >= 0.3 is 0 Å². The Morgan fingerprint density at radius 3 is 1.73 bits per heavy atom. The molecule has 0 aliphatic heterocycles. The van der Waals surface area contributed by atoms with Gasteiger partial charge in [0.2, 0.25) is 0 Å². The van der Waals surface area contributed by atoms with Crippen molar-refractivity contribution in [3.8, 4) is 11.1 Å². The molecular formula is C51H37N. The summed E-state index contributed by atoms with van der Waals surface area (Å²) in [5.41, 5.74) is 7.13. The van der Waals surface area contributed by atoms with E-state index in [0.29, 0.717) is 0 Å². The van der Waals surface area contributed by atoms with Crippen LogP contribution in [0.5, 0.6) is 0 Å². The average molecular weight is 664 g/mol. The van der Waals surface area contributed by atoms with Gasteiger partial charge in [0, 0.05) is 22.5 Å². The predicted molar refractivity (Wildman–Crippen MR) is 224 cm³/mol. The highest BCUT2D eigenvalue weighted by Crippen LogP contribution is 2.44. The molecule has 1 atom stereocenters. The lowest BCUT2D eigenvalue weighted by Gasteiger charge is -2.34. The number of fused-ring (bicyclic) bond motifs is 7. The lowest BCUT2D eigenvalue weighted by atomic mass is 9.74. The van der Waals surface area contributed by atoms with Crippen LogP contribution >= 0.6 is 0 Å². The Bertz CT molecular complexity index is 2910. The third-order valence-electron chi connectivity index (χ3n) is 11.2. The summed E-state index contributed by atoms with van der Waals surface area (Å²) in [7, 11) is 0. The maximum Gasteiger partial charge on any atom is 0.0467 e. The molecule has 1 unspecified atom stereocenters. The summed E-state index contributed by atoms with van der Waals surface area (Å²) in [6, 6.07) is 64.5. The molecule has 0 bridgehead atoms. The first-order valence-corrected chi connectivity index (χ1v) is 18.2. The van der Waals surface area contributed by atoms with Crippen molar-refractivity contribution in [3.05, 3.63) is 205 Å². The van der Waals surface area contributed by atoms with Crippen molar-refractivity contribution >= 4 is 65.2 Å². The first-order valence-electron chi connectivity index (χ1n) is 18.2. The number of allylic oxidation sites excluding steroid dienone is 3. The highest BCUT2D eigenvalue weighted by atomic mass is 15.1. The number of anilines is 2. The highest BCUT2D eigenvalue weighted by molar-refractivity contribution is 6.14. The molecule has 52 heavy (non-hydrogen) atoms. The van der Waals surface area contributed by atoms with E-state index in [1.807, 2.05) is 0 Å². The Balaban J connectivity index is 1.11. The first-order chi connectivity index (χ1) is 25.6. The second-order valence-corrected chi connectivity index (χ2v) is 14.4. The van der Waals surface area contributed by atoms with Crippen LogP contribution in [-0.2, 0) is 5.41 Å². The van der Waals surface area contributed by atoms with E-state index in [9.17, 15) is 0 Å². The molecular weight excluding hydrogens is 627 g/mol. The van der Waals surface area contributed by atoms with Crippen molar-refractivity contribution in [2.75, 3.05) is 4.90 Å². The molecule has 246 valence electrons.